The summed E-state index contributed by atoms with van der Waals surface area (Å²) in [7, 11) is -0.696. The number of anilines is 2. The zero-order chi connectivity index (χ0) is 11.5. The van der Waals surface area contributed by atoms with Crippen LogP contribution in [0, 0.1) is 11.3 Å². The third-order valence-corrected chi connectivity index (χ3v) is 3.95. The Morgan fingerprint density at radius 1 is 1.38 bits per heavy atom. The third kappa shape index (κ3) is 2.17. The van der Waals surface area contributed by atoms with Crippen molar-refractivity contribution in [2.75, 3.05) is 35.2 Å². The molecule has 0 aromatic heterocycles. The normalized spacial score (nSPS) is 17.1. The first-order valence-corrected chi connectivity index (χ1v) is 6.59. The second-order valence-corrected chi connectivity index (χ2v) is 5.42. The molecule has 1 saturated heterocycles. The summed E-state index contributed by atoms with van der Waals surface area (Å²) < 4.78 is 11.2. The molecule has 1 aromatic carbocycles. The molecule has 4 nitrogen and oxygen atoms in total. The summed E-state index contributed by atoms with van der Waals surface area (Å²) in [5.74, 6) is 1.35. The zero-order valence-corrected chi connectivity index (χ0v) is 9.67. The minimum Gasteiger partial charge on any atom is -0.397 e. The summed E-state index contributed by atoms with van der Waals surface area (Å²) in [5.41, 5.74) is 8.05. The average molecular weight is 235 g/mol. The Balaban J connectivity index is 2.26. The Morgan fingerprint density at radius 2 is 2.06 bits per heavy atom. The van der Waals surface area contributed by atoms with Gasteiger partial charge in [0.1, 0.15) is 0 Å². The van der Waals surface area contributed by atoms with Crippen molar-refractivity contribution < 1.29 is 4.21 Å². The van der Waals surface area contributed by atoms with Crippen LogP contribution in [0.15, 0.2) is 18.2 Å². The monoisotopic (exact) mass is 235 g/mol. The van der Waals surface area contributed by atoms with Crippen LogP contribution < -0.4 is 10.6 Å². The van der Waals surface area contributed by atoms with Crippen LogP contribution in [-0.4, -0.2) is 28.8 Å². The predicted octanol–water partition coefficient (Wildman–Crippen LogP) is 0.709. The molecule has 0 bridgehead atoms. The summed E-state index contributed by atoms with van der Waals surface area (Å²) in [6.07, 6.45) is 0. The van der Waals surface area contributed by atoms with Gasteiger partial charge in [0, 0.05) is 35.4 Å². The van der Waals surface area contributed by atoms with Gasteiger partial charge in [-0.25, -0.2) is 0 Å². The maximum Gasteiger partial charge on any atom is 0.0992 e. The molecule has 0 saturated carbocycles. The molecule has 0 aliphatic carbocycles. The van der Waals surface area contributed by atoms with Crippen molar-refractivity contribution >= 4 is 22.2 Å². The summed E-state index contributed by atoms with van der Waals surface area (Å²) in [6, 6.07) is 7.35. The maximum absolute atomic E-state index is 11.2. The minimum absolute atomic E-state index is 0.607. The van der Waals surface area contributed by atoms with Crippen LogP contribution in [0.2, 0.25) is 0 Å². The molecule has 2 N–H and O–H groups in total. The van der Waals surface area contributed by atoms with E-state index in [9.17, 15) is 4.21 Å². The number of nitrogen functional groups attached to an aromatic ring is 1. The van der Waals surface area contributed by atoms with E-state index in [1.807, 2.05) is 0 Å². The standard InChI is InChI=1S/C11H13N3OS/c12-8-9-1-2-10(13)11(7-9)14-3-5-16(15)6-4-14/h1-2,7H,3-6,13H2. The predicted molar refractivity (Wildman–Crippen MR) is 65.7 cm³/mol. The lowest BCUT2D eigenvalue weighted by Crippen LogP contribution is -2.38. The molecule has 1 heterocycles. The molecule has 1 aromatic rings. The fraction of sp³-hybridized carbons (Fsp3) is 0.364. The second-order valence-electron chi connectivity index (χ2n) is 3.72. The fourth-order valence-corrected chi connectivity index (χ4v) is 2.82. The number of nitriles is 1. The van der Waals surface area contributed by atoms with E-state index in [0.29, 0.717) is 22.8 Å². The van der Waals surface area contributed by atoms with Gasteiger partial charge in [0.2, 0.25) is 0 Å². The average Bonchev–Trinajstić information content (AvgIpc) is 2.31. The number of hydrogen-bond acceptors (Lipinski definition) is 4. The molecule has 2 rings (SSSR count). The molecule has 5 heteroatoms. The van der Waals surface area contributed by atoms with Crippen molar-refractivity contribution in [2.45, 2.75) is 0 Å². The lowest BCUT2D eigenvalue weighted by Gasteiger charge is -2.29. The van der Waals surface area contributed by atoms with Gasteiger partial charge in [-0.1, -0.05) is 0 Å². The Bertz CT molecular complexity index is 457. The van der Waals surface area contributed by atoms with Gasteiger partial charge in [-0.2, -0.15) is 5.26 Å². The number of rotatable bonds is 1. The lowest BCUT2D eigenvalue weighted by molar-refractivity contribution is 0.673. The fourth-order valence-electron chi connectivity index (χ4n) is 1.77. The van der Waals surface area contributed by atoms with E-state index in [-0.39, 0.29) is 0 Å². The molecule has 0 unspecified atom stereocenters. The van der Waals surface area contributed by atoms with E-state index >= 15 is 0 Å². The second kappa shape index (κ2) is 4.54. The highest BCUT2D eigenvalue weighted by atomic mass is 32.2. The molecule has 1 fully saturated rings. The Morgan fingerprint density at radius 3 is 2.69 bits per heavy atom. The van der Waals surface area contributed by atoms with Gasteiger partial charge in [0.05, 0.1) is 23.0 Å². The summed E-state index contributed by atoms with van der Waals surface area (Å²) in [5, 5.41) is 8.84. The van der Waals surface area contributed by atoms with Crippen molar-refractivity contribution in [2.24, 2.45) is 0 Å². The van der Waals surface area contributed by atoms with Crippen LogP contribution in [0.25, 0.3) is 0 Å². The number of nitrogens with two attached hydrogens (primary N) is 1. The molecule has 0 amide bonds. The van der Waals surface area contributed by atoms with E-state index < -0.39 is 10.8 Å². The minimum atomic E-state index is -0.696. The third-order valence-electron chi connectivity index (χ3n) is 2.68. The number of nitrogens with zero attached hydrogens (tertiary/aromatic N) is 2. The smallest absolute Gasteiger partial charge is 0.0992 e. The highest BCUT2D eigenvalue weighted by Gasteiger charge is 2.17. The first-order chi connectivity index (χ1) is 7.70. The Labute approximate surface area is 97.1 Å². The molecule has 84 valence electrons. The van der Waals surface area contributed by atoms with Crippen molar-refractivity contribution in [1.29, 1.82) is 5.26 Å². The molecule has 0 atom stereocenters. The van der Waals surface area contributed by atoms with E-state index in [1.54, 1.807) is 18.2 Å². The van der Waals surface area contributed by atoms with E-state index in [4.69, 9.17) is 11.0 Å². The molecule has 0 radical (unpaired) electrons. The van der Waals surface area contributed by atoms with Gasteiger partial charge >= 0.3 is 0 Å². The molecule has 1 aliphatic rings. The van der Waals surface area contributed by atoms with Crippen LogP contribution in [-0.2, 0) is 10.8 Å². The van der Waals surface area contributed by atoms with E-state index in [1.165, 1.54) is 0 Å². The number of benzene rings is 1. The zero-order valence-electron chi connectivity index (χ0n) is 8.85. The van der Waals surface area contributed by atoms with Crippen LogP contribution in [0.1, 0.15) is 5.56 Å². The number of hydrogen-bond donors (Lipinski definition) is 1. The van der Waals surface area contributed by atoms with Crippen LogP contribution >= 0.6 is 0 Å². The SMILES string of the molecule is N#Cc1ccc(N)c(N2CCS(=O)CC2)c1. The van der Waals surface area contributed by atoms with Crippen LogP contribution in [0.3, 0.4) is 0 Å². The van der Waals surface area contributed by atoms with Crippen LogP contribution in [0.4, 0.5) is 11.4 Å². The van der Waals surface area contributed by atoms with Crippen molar-refractivity contribution in [3.8, 4) is 6.07 Å². The molecular weight excluding hydrogens is 222 g/mol. The first kappa shape index (κ1) is 11.0. The first-order valence-electron chi connectivity index (χ1n) is 5.10. The maximum atomic E-state index is 11.2. The summed E-state index contributed by atoms with van der Waals surface area (Å²) in [6.45, 7) is 1.48. The van der Waals surface area contributed by atoms with Crippen molar-refractivity contribution in [1.82, 2.24) is 0 Å². The highest BCUT2D eigenvalue weighted by molar-refractivity contribution is 7.85. The molecular formula is C11H13N3OS. The quantitative estimate of drug-likeness (QED) is 0.728. The lowest BCUT2D eigenvalue weighted by atomic mass is 10.1. The van der Waals surface area contributed by atoms with Gasteiger partial charge in [-0.05, 0) is 18.2 Å². The Hall–Kier alpha value is -1.54. The van der Waals surface area contributed by atoms with Crippen molar-refractivity contribution in [3.05, 3.63) is 23.8 Å². The van der Waals surface area contributed by atoms with Gasteiger partial charge in [-0.3, -0.25) is 4.21 Å². The van der Waals surface area contributed by atoms with Crippen LogP contribution in [0.5, 0.6) is 0 Å². The van der Waals surface area contributed by atoms with E-state index in [0.717, 1.165) is 18.8 Å². The van der Waals surface area contributed by atoms with Crippen molar-refractivity contribution in [3.63, 3.8) is 0 Å². The largest absolute Gasteiger partial charge is 0.397 e. The Kier molecular flexibility index (Phi) is 3.11. The summed E-state index contributed by atoms with van der Waals surface area (Å²) in [4.78, 5) is 2.09. The molecule has 16 heavy (non-hydrogen) atoms. The van der Waals surface area contributed by atoms with Gasteiger partial charge < -0.3 is 10.6 Å². The molecule has 1 aliphatic heterocycles. The topological polar surface area (TPSA) is 70.1 Å². The van der Waals surface area contributed by atoms with E-state index in [2.05, 4.69) is 11.0 Å². The highest BCUT2D eigenvalue weighted by Crippen LogP contribution is 2.25. The van der Waals surface area contributed by atoms with Gasteiger partial charge in [-0.15, -0.1) is 0 Å². The van der Waals surface area contributed by atoms with Gasteiger partial charge in [0.15, 0.2) is 0 Å². The summed E-state index contributed by atoms with van der Waals surface area (Å²) >= 11 is 0. The van der Waals surface area contributed by atoms with Gasteiger partial charge in [0.25, 0.3) is 0 Å². The molecule has 0 spiro atoms.